The molecule has 4 aromatic heterocycles. The number of nitrogens with zero attached hydrogens (tertiary/aromatic N) is 4. The molecule has 0 saturated carbocycles. The van der Waals surface area contributed by atoms with Crippen LogP contribution in [0.4, 0.5) is 0 Å². The van der Waals surface area contributed by atoms with Gasteiger partial charge < -0.3 is 18.5 Å². The molecule has 11 rings (SSSR count). The zero-order chi connectivity index (χ0) is 56.1. The Morgan fingerprint density at radius 2 is 0.545 bits per heavy atom. The fourth-order valence-electron chi connectivity index (χ4n) is 13.8. The molecule has 344 valence electrons. The van der Waals surface area contributed by atoms with Gasteiger partial charge in [0, 0.05) is 49.4 Å². The normalized spacial score (nSPS) is 11.9. The summed E-state index contributed by atoms with van der Waals surface area (Å²) in [5.41, 5.74) is 38.9. The molecule has 1 N–H and O–H groups in total. The van der Waals surface area contributed by atoms with E-state index in [-0.39, 0.29) is 5.75 Å². The van der Waals surface area contributed by atoms with E-state index < -0.39 is 0 Å². The molecule has 11 aromatic rings. The number of aromatic nitrogens is 4. The molecule has 0 saturated heterocycles. The quantitative estimate of drug-likeness (QED) is 0.177. The Hall–Kier alpha value is -5.63. The number of phenolic OH excluding ortho intramolecular Hbond substituents is 1. The van der Waals surface area contributed by atoms with Crippen molar-refractivity contribution in [2.24, 2.45) is 0 Å². The lowest BCUT2D eigenvalue weighted by atomic mass is 9.63. The van der Waals surface area contributed by atoms with Gasteiger partial charge in [-0.25, -0.2) is 15.0 Å². The van der Waals surface area contributed by atoms with Gasteiger partial charge >= 0.3 is 0 Å². The van der Waals surface area contributed by atoms with Crippen LogP contribution in [0.25, 0.3) is 106 Å². The number of benzene rings is 7. The maximum absolute atomic E-state index is 12.3. The van der Waals surface area contributed by atoms with Crippen LogP contribution in [0.2, 0.25) is 0 Å². The van der Waals surface area contributed by atoms with E-state index in [9.17, 15) is 5.11 Å². The fourth-order valence-corrected chi connectivity index (χ4v) is 13.8. The van der Waals surface area contributed by atoms with Gasteiger partial charge in [-0.15, -0.1) is 21.9 Å². The van der Waals surface area contributed by atoms with Crippen LogP contribution in [-0.2, 0) is 0 Å². The zero-order valence-electron chi connectivity index (χ0n) is 50.6. The van der Waals surface area contributed by atoms with Crippen molar-refractivity contribution < 1.29 is 13.9 Å². The van der Waals surface area contributed by atoms with Crippen LogP contribution in [0.1, 0.15) is 0 Å². The van der Waals surface area contributed by atoms with E-state index in [2.05, 4.69) is 193 Å². The average molecular weight is 966 g/mol. The van der Waals surface area contributed by atoms with Gasteiger partial charge in [0.25, 0.3) is 0 Å². The lowest BCUT2D eigenvalue weighted by Gasteiger charge is -2.22. The van der Waals surface area contributed by atoms with Crippen molar-refractivity contribution in [3.05, 3.63) is 0 Å². The van der Waals surface area contributed by atoms with E-state index in [1.807, 2.05) is 7.85 Å². The predicted octanol–water partition coefficient (Wildman–Crippen LogP) is -32.1. The van der Waals surface area contributed by atoms with E-state index in [4.69, 9.17) is 23.8 Å². The number of furan rings is 2. The summed E-state index contributed by atoms with van der Waals surface area (Å²) in [6.45, 7) is 0. The molecule has 0 unspecified atom stereocenters. The Balaban J connectivity index is 1.29. The minimum atomic E-state index is 0.185. The van der Waals surface area contributed by atoms with Gasteiger partial charge in [0.2, 0.25) is 0 Å². The van der Waals surface area contributed by atoms with Gasteiger partial charge in [-0.05, 0) is 21.7 Å². The Morgan fingerprint density at radius 3 is 1.05 bits per heavy atom. The molecule has 4 heterocycles. The third-order valence-electron chi connectivity index (χ3n) is 20.5. The van der Waals surface area contributed by atoms with Gasteiger partial charge in [0.15, 0.2) is 17.5 Å². The Kier molecular flexibility index (Phi) is 12.4. The lowest BCUT2D eigenvalue weighted by Crippen LogP contribution is -2.49. The second kappa shape index (κ2) is 17.9. The summed E-state index contributed by atoms with van der Waals surface area (Å²) in [6.07, 6.45) is 0. The van der Waals surface area contributed by atoms with Crippen LogP contribution < -0.4 is 137 Å². The second-order valence-electron chi connectivity index (χ2n) is 23.6. The number of aromatic hydroxyl groups is 1. The first-order valence-corrected chi connectivity index (χ1v) is 27.6. The molecular weight excluding hydrogens is 915 g/mol. The number of hydrogen-bond donors (Lipinski definition) is 1. The number of phenols is 1. The third-order valence-corrected chi connectivity index (χ3v) is 20.5. The molecule has 7 nitrogen and oxygen atoms in total. The SMILES string of the molecule is Bc1c(B)c(B)c(-c2nc(-c3c(B)c(B)c4c(oc5c(B)c(B)c(B)c(B)c54)c3B)nc(-c3c(B)c(B)c(B)c4oc5c(B)c(-n6c7c(B)c(B)c(B)c(B)c7c7c(B)c(B)c(B)c(B)c76)c(B)c(B)c5c34)n2)c(O)c1B. The highest BCUT2D eigenvalue weighted by molar-refractivity contribution is 6.74. The van der Waals surface area contributed by atoms with Crippen molar-refractivity contribution >= 4 is 398 Å². The van der Waals surface area contributed by atoms with Crippen molar-refractivity contribution in [1.82, 2.24) is 19.5 Å². The third kappa shape index (κ3) is 6.90. The first-order chi connectivity index (χ1) is 36.1. The van der Waals surface area contributed by atoms with Crippen molar-refractivity contribution in [1.29, 1.82) is 0 Å². The second-order valence-corrected chi connectivity index (χ2v) is 23.6. The highest BCUT2D eigenvalue weighted by atomic mass is 16.3. The van der Waals surface area contributed by atoms with Gasteiger partial charge in [0.1, 0.15) is 224 Å². The summed E-state index contributed by atoms with van der Waals surface area (Å²) in [5.74, 6) is 1.67. The summed E-state index contributed by atoms with van der Waals surface area (Å²) in [6, 6.07) is 0. The molecule has 0 amide bonds. The predicted molar refractivity (Wildman–Crippen MR) is 411 cm³/mol. The molecule has 0 aliphatic rings. The van der Waals surface area contributed by atoms with Crippen LogP contribution in [0, 0.1) is 0 Å². The first kappa shape index (κ1) is 53.4. The standard InChI is InChI=1S/C45H51B25N4O3/c46-10-2-3-11(47)20(56)25(61)30(66)36(3)74(35(2)29(65)24(60)19(10)55)37-28(64)14(50)4-1-7(15(51)23(59)32(68)39(1)76-42(4)34(37)70)43-71-44(73-45(72-43)9-17(53)22(58)26(62)31(67)38(9)75)8-16(52)12(48)5-6-13(49)21(57)27(63)33(69)41(6)77-40(5)18(8)54/h75H,46-70H2. The molecule has 32 heteroatoms. The molecule has 0 aliphatic heterocycles. The van der Waals surface area contributed by atoms with Crippen LogP contribution in [0.15, 0.2) is 8.83 Å². The summed E-state index contributed by atoms with van der Waals surface area (Å²) in [4.78, 5) is 16.6. The number of rotatable bonds is 4. The smallest absolute Gasteiger partial charge is 0.167 e. The molecule has 7 aromatic carbocycles. The Bertz CT molecular complexity index is 4560. The molecule has 0 atom stereocenters. The van der Waals surface area contributed by atoms with Crippen LogP contribution in [-0.4, -0.2) is 221 Å². The summed E-state index contributed by atoms with van der Waals surface area (Å²) >= 11 is 0. The summed E-state index contributed by atoms with van der Waals surface area (Å²) < 4.78 is 17.1. The van der Waals surface area contributed by atoms with E-state index >= 15 is 0 Å². The molecular formula is C45H51B25N4O3. The molecule has 0 radical (unpaired) electrons. The molecule has 77 heavy (non-hydrogen) atoms. The van der Waals surface area contributed by atoms with Crippen molar-refractivity contribution in [3.8, 4) is 45.6 Å². The molecule has 0 fully saturated rings. The van der Waals surface area contributed by atoms with Crippen LogP contribution >= 0.6 is 0 Å². The largest absolute Gasteiger partial charge is 0.508 e. The van der Waals surface area contributed by atoms with Gasteiger partial charge in [-0.2, -0.15) is 0 Å². The van der Waals surface area contributed by atoms with E-state index in [0.29, 0.717) is 23.0 Å². The van der Waals surface area contributed by atoms with Crippen molar-refractivity contribution in [2.75, 3.05) is 0 Å². The molecule has 0 spiro atoms. The maximum Gasteiger partial charge on any atom is 0.167 e. The minimum absolute atomic E-state index is 0.185. The molecule has 0 aliphatic carbocycles. The minimum Gasteiger partial charge on any atom is -0.508 e. The number of hydrogen-bond acceptors (Lipinski definition) is 6. The average Bonchev–Trinajstić information content (AvgIpc) is 4.33. The van der Waals surface area contributed by atoms with Crippen LogP contribution in [0.5, 0.6) is 5.75 Å². The van der Waals surface area contributed by atoms with E-state index in [1.54, 1.807) is 0 Å². The summed E-state index contributed by atoms with van der Waals surface area (Å²) in [5, 5.41) is 19.3. The molecule has 0 bridgehead atoms. The van der Waals surface area contributed by atoms with E-state index in [1.165, 1.54) is 92.7 Å². The van der Waals surface area contributed by atoms with Crippen LogP contribution in [0.3, 0.4) is 0 Å². The fraction of sp³-hybridized carbons (Fsp3) is 0. The monoisotopic (exact) mass is 971 g/mol. The Labute approximate surface area is 474 Å². The van der Waals surface area contributed by atoms with E-state index in [0.717, 1.165) is 126 Å². The van der Waals surface area contributed by atoms with Gasteiger partial charge in [-0.3, -0.25) is 0 Å². The van der Waals surface area contributed by atoms with Crippen molar-refractivity contribution in [2.45, 2.75) is 0 Å². The first-order valence-electron chi connectivity index (χ1n) is 27.6. The van der Waals surface area contributed by atoms with Gasteiger partial charge in [0.05, 0.1) is 5.56 Å². The zero-order valence-corrected chi connectivity index (χ0v) is 50.6. The van der Waals surface area contributed by atoms with Crippen molar-refractivity contribution in [3.63, 3.8) is 0 Å². The highest BCUT2D eigenvalue weighted by Crippen LogP contribution is 2.35. The topological polar surface area (TPSA) is 90.1 Å². The highest BCUT2D eigenvalue weighted by Gasteiger charge is 2.32. The summed E-state index contributed by atoms with van der Waals surface area (Å²) in [7, 11) is 55.3. The maximum atomic E-state index is 12.3. The lowest BCUT2D eigenvalue weighted by molar-refractivity contribution is 0.482. The number of fused-ring (bicyclic) bond motifs is 9. The Morgan fingerprint density at radius 1 is 0.247 bits per heavy atom. The van der Waals surface area contributed by atoms with Gasteiger partial charge in [-0.1, -0.05) is 104 Å².